The van der Waals surface area contributed by atoms with Crippen molar-refractivity contribution in [2.75, 3.05) is 59.9 Å². The fourth-order valence-electron chi connectivity index (χ4n) is 14.1. The molecule has 0 bridgehead atoms. The number of aromatic nitrogens is 3. The van der Waals surface area contributed by atoms with Crippen LogP contribution < -0.4 is 21.3 Å². The van der Waals surface area contributed by atoms with Gasteiger partial charge in [-0.2, -0.15) is 0 Å². The molecule has 5 fully saturated rings. The molecule has 50 heteroatoms. The summed E-state index contributed by atoms with van der Waals surface area (Å²) >= 11 is 0. The van der Waals surface area contributed by atoms with Crippen LogP contribution in [0.15, 0.2) is 36.5 Å². The number of aliphatic hydroxyl groups is 14. The number of carbonyl (C=O) groups is 9. The quantitative estimate of drug-likeness (QED) is 0.0127. The predicted octanol–water partition coefficient (Wildman–Crippen LogP) is -7.28. The Labute approximate surface area is 735 Å². The normalized spacial score (nSPS) is 31.0. The van der Waals surface area contributed by atoms with E-state index in [0.29, 0.717) is 24.4 Å². The zero-order chi connectivity index (χ0) is 95.0. The summed E-state index contributed by atoms with van der Waals surface area (Å²) in [7, 11) is -4.01. The SMILES string of the molecule is CC1OC(CO)[C@@H](O[C@@H]2OC(CO)[C@H](O)[C@H](O[C@]3(C(=O)O)C[C@@H](O)[C@@H](NC(=O)Cc4ccccc4)C([C@H](O)[C@H](O)CO)O3)C2O)[C@H](O)[C@@H]1O.CCC(=O)O[C@H](CC)CC(=O)NC1[C@H](OCC2O[C@H](OCCNC(=O)CCc3cn(CCOC)nn3)C(NC(=O)C[C@H](O)CC)[C@@H](OC(=O)C[C@H](O)CC)[C@@H]2O)OC(CO)[C@@H](OP(=O)(O)O)[C@@H]1OC(=O)C[C@@H](CC)OC(=O)CC. The van der Waals surface area contributed by atoms with E-state index in [-0.39, 0.29) is 70.9 Å². The molecule has 5 aliphatic heterocycles. The van der Waals surface area contributed by atoms with Crippen LogP contribution in [0, 0.1) is 0 Å². The molecule has 6 heterocycles. The second-order valence-corrected chi connectivity index (χ2v) is 32.2. The topological polar surface area (TPSA) is 732 Å². The maximum atomic E-state index is 13.9. The first kappa shape index (κ1) is 109. The summed E-state index contributed by atoms with van der Waals surface area (Å²) in [5.74, 6) is -11.2. The average molecular weight is 1860 g/mol. The molecule has 5 aliphatic rings. The Morgan fingerprint density at radius 1 is 0.594 bits per heavy atom. The lowest BCUT2D eigenvalue weighted by atomic mass is 9.88. The molecule has 0 radical (unpaired) electrons. The van der Waals surface area contributed by atoms with Crippen molar-refractivity contribution in [2.24, 2.45) is 0 Å². The number of carboxylic acid groups (broad SMARTS) is 1. The van der Waals surface area contributed by atoms with Crippen LogP contribution in [-0.2, 0) is 138 Å². The van der Waals surface area contributed by atoms with E-state index < -0.39 is 310 Å². The smallest absolute Gasteiger partial charge is 0.470 e. The number of rotatable bonds is 49. The van der Waals surface area contributed by atoms with Crippen molar-refractivity contribution >= 4 is 61.3 Å². The van der Waals surface area contributed by atoms with E-state index in [2.05, 4.69) is 31.6 Å². The van der Waals surface area contributed by atoms with Crippen molar-refractivity contribution in [3.63, 3.8) is 0 Å². The number of carbonyl (C=O) groups excluding carboxylic acids is 8. The number of aliphatic hydroxyl groups excluding tert-OH is 14. The van der Waals surface area contributed by atoms with Gasteiger partial charge < -0.3 is 174 Å². The summed E-state index contributed by atoms with van der Waals surface area (Å²) in [5.41, 5.74) is 1.12. The lowest BCUT2D eigenvalue weighted by molar-refractivity contribution is -0.381. The average Bonchev–Trinajstić information content (AvgIpc) is 0.752. The van der Waals surface area contributed by atoms with Crippen LogP contribution >= 0.6 is 7.82 Å². The number of aliphatic carboxylic acids is 1. The van der Waals surface area contributed by atoms with Crippen molar-refractivity contribution in [1.82, 2.24) is 36.3 Å². The first-order chi connectivity index (χ1) is 60.7. The van der Waals surface area contributed by atoms with Crippen molar-refractivity contribution in [1.29, 1.82) is 0 Å². The van der Waals surface area contributed by atoms with E-state index in [0.717, 1.165) is 0 Å². The number of hydrogen-bond donors (Lipinski definition) is 21. The molecule has 1 aromatic heterocycles. The Morgan fingerprint density at radius 2 is 1.15 bits per heavy atom. The van der Waals surface area contributed by atoms with Gasteiger partial charge in [-0.25, -0.2) is 14.0 Å². The number of nitrogens with zero attached hydrogens (tertiary/aromatic N) is 3. The second kappa shape index (κ2) is 53.4. The fourth-order valence-corrected chi connectivity index (χ4v) is 14.7. The highest BCUT2D eigenvalue weighted by atomic mass is 31.2. The van der Waals surface area contributed by atoms with Gasteiger partial charge in [0.2, 0.25) is 23.6 Å². The number of carboxylic acids is 1. The standard InChI is InChI=1S/C48H81N6O24P.C30H45NO18/c1-8-28(56)20-35(59)50-41-45(76-39(63)21-29(57)9-2)43(65)33(75-47(41)70-18-16-49-34(58)15-14-27-24-54(53-52-27)17-19-69-7)26-71-48-42(51-36(60)22-30(10-3)72-37(61)12-5)46(44(32(25-55)74-48)78-79(66,67)68)77-40(64)23-31(11-4)73-38(62)13-6;1-12-20(38)23(41)25(17(11-34)45-12)47-28-24(42)27(22(40)16(10-33)46-28)49-30(29(43)44)8-14(35)19(26(48-30)21(39)15(36)9-32)31-18(37)7-13-5-3-2-4-6-13/h24,28-33,41-48,55-57,65H,8-23,25-26H2,1-7H3,(H,49,58)(H,50,59)(H,51,60)(H2,66,67,68);2-6,12,14-17,19-28,32-36,38-42H,7-11H2,1H3,(H,31,37)(H,43,44)/t28-,29-,30-,31-,32?,33?,41?,42?,43-,44-,45-,46-,47+,48-;12?,14-,15-,16?,17?,19-,20-,21-,22+,23-,24?,25-,26?,27+,28+,30+/m11/s1. The van der Waals surface area contributed by atoms with Gasteiger partial charge in [0, 0.05) is 52.0 Å². The van der Waals surface area contributed by atoms with Crippen LogP contribution in [0.3, 0.4) is 0 Å². The Hall–Kier alpha value is -7.26. The Kier molecular flexibility index (Phi) is 45.7. The first-order valence-electron chi connectivity index (χ1n) is 42.1. The maximum Gasteiger partial charge on any atom is 0.470 e. The maximum absolute atomic E-state index is 13.9. The van der Waals surface area contributed by atoms with Gasteiger partial charge in [-0.1, -0.05) is 77.1 Å². The highest BCUT2D eigenvalue weighted by molar-refractivity contribution is 7.46. The molecule has 0 aliphatic carbocycles. The Balaban J connectivity index is 0.000000439. The molecular weight excluding hydrogens is 1740 g/mol. The van der Waals surface area contributed by atoms with Crippen LogP contribution in [0.1, 0.15) is 137 Å². The Bertz CT molecular complexity index is 3800. The molecule has 1 aromatic carbocycles. The first-order valence-corrected chi connectivity index (χ1v) is 43.6. The van der Waals surface area contributed by atoms with Crippen molar-refractivity contribution < 1.29 is 205 Å². The number of esters is 4. The van der Waals surface area contributed by atoms with E-state index in [4.69, 9.17) is 70.8 Å². The predicted molar refractivity (Wildman–Crippen MR) is 426 cm³/mol. The summed E-state index contributed by atoms with van der Waals surface area (Å²) in [6, 6.07) is 3.41. The molecule has 7 rings (SSSR count). The van der Waals surface area contributed by atoms with E-state index in [1.807, 2.05) is 0 Å². The number of amides is 4. The van der Waals surface area contributed by atoms with Gasteiger partial charge in [0.15, 0.2) is 31.1 Å². The molecule has 49 nitrogen and oxygen atoms in total. The zero-order valence-corrected chi connectivity index (χ0v) is 73.0. The van der Waals surface area contributed by atoms with Gasteiger partial charge in [0.25, 0.3) is 5.79 Å². The van der Waals surface area contributed by atoms with Crippen LogP contribution in [-0.4, -0.2) is 398 Å². The number of ether oxygens (including phenoxy) is 14. The summed E-state index contributed by atoms with van der Waals surface area (Å²) in [6.45, 7) is 6.67. The number of phosphoric ester groups is 1. The number of nitrogens with one attached hydrogen (secondary N) is 4. The lowest BCUT2D eigenvalue weighted by Gasteiger charge is -2.50. The minimum absolute atomic E-state index is 0.00177. The lowest BCUT2D eigenvalue weighted by Crippen LogP contribution is -2.71. The number of hydrogen-bond acceptors (Lipinski definition) is 41. The van der Waals surface area contributed by atoms with Crippen LogP contribution in [0.2, 0.25) is 0 Å². The van der Waals surface area contributed by atoms with Crippen molar-refractivity contribution in [3.05, 3.63) is 47.8 Å². The third-order valence-corrected chi connectivity index (χ3v) is 21.9. The molecule has 0 spiro atoms. The van der Waals surface area contributed by atoms with E-state index in [1.54, 1.807) is 76.0 Å². The summed E-state index contributed by atoms with van der Waals surface area (Å²) in [4.78, 5) is 138. The minimum Gasteiger partial charge on any atom is -0.477 e. The fraction of sp³-hybridized carbons (Fsp3) is 0.782. The van der Waals surface area contributed by atoms with E-state index >= 15 is 0 Å². The van der Waals surface area contributed by atoms with Gasteiger partial charge >= 0.3 is 37.7 Å². The molecule has 730 valence electrons. The van der Waals surface area contributed by atoms with Gasteiger partial charge in [0.05, 0.1) is 121 Å². The third-order valence-electron chi connectivity index (χ3n) is 21.4. The molecule has 4 amide bonds. The third kappa shape index (κ3) is 32.6. The molecule has 128 heavy (non-hydrogen) atoms. The van der Waals surface area contributed by atoms with Crippen molar-refractivity contribution in [2.45, 2.75) is 328 Å². The van der Waals surface area contributed by atoms with Gasteiger partial charge in [-0.05, 0) is 38.2 Å². The number of methoxy groups -OCH3 is 1. The Morgan fingerprint density at radius 3 is 1.73 bits per heavy atom. The van der Waals surface area contributed by atoms with Crippen LogP contribution in [0.4, 0.5) is 0 Å². The highest BCUT2D eigenvalue weighted by Gasteiger charge is 2.61. The highest BCUT2D eigenvalue weighted by Crippen LogP contribution is 2.44. The number of aryl methyl sites for hydroxylation is 1. The molecule has 5 saturated heterocycles. The zero-order valence-electron chi connectivity index (χ0n) is 72.1. The molecule has 9 unspecified atom stereocenters. The molecule has 30 atom stereocenters. The molecular formula is C78H126N7O42P. The van der Waals surface area contributed by atoms with E-state index in [9.17, 15) is 134 Å². The van der Waals surface area contributed by atoms with Crippen LogP contribution in [0.25, 0.3) is 0 Å². The largest absolute Gasteiger partial charge is 0.477 e. The number of benzene rings is 1. The van der Waals surface area contributed by atoms with Gasteiger partial charge in [-0.15, -0.1) is 5.10 Å². The molecule has 21 N–H and O–H groups in total. The van der Waals surface area contributed by atoms with E-state index in [1.165, 1.54) is 20.8 Å². The van der Waals surface area contributed by atoms with Gasteiger partial charge in [-0.3, -0.25) is 42.9 Å². The monoisotopic (exact) mass is 1860 g/mol. The van der Waals surface area contributed by atoms with Gasteiger partial charge in [0.1, 0.15) is 116 Å². The second-order valence-electron chi connectivity index (χ2n) is 31.0. The van der Waals surface area contributed by atoms with Crippen molar-refractivity contribution in [3.8, 4) is 0 Å². The molecule has 0 saturated carbocycles. The summed E-state index contributed by atoms with van der Waals surface area (Å²) in [5, 5.41) is 177. The van der Waals surface area contributed by atoms with Crippen LogP contribution in [0.5, 0.6) is 0 Å². The molecule has 2 aromatic rings. The minimum atomic E-state index is -5.56. The summed E-state index contributed by atoms with van der Waals surface area (Å²) in [6.07, 6.45) is -44.8. The summed E-state index contributed by atoms with van der Waals surface area (Å²) < 4.78 is 98.6. The number of phosphoric acid groups is 1.